The van der Waals surface area contributed by atoms with E-state index in [4.69, 9.17) is 11.6 Å². The highest BCUT2D eigenvalue weighted by Crippen LogP contribution is 2.36. The molecule has 3 nitrogen and oxygen atoms in total. The highest BCUT2D eigenvalue weighted by atomic mass is 35.5. The number of nitrogens with zero attached hydrogens (tertiary/aromatic N) is 1. The van der Waals surface area contributed by atoms with Crippen LogP contribution in [0.4, 0.5) is 5.82 Å². The summed E-state index contributed by atoms with van der Waals surface area (Å²) in [6, 6.07) is 11.3. The molecular weight excluding hydrogens is 292 g/mol. The fourth-order valence-electron chi connectivity index (χ4n) is 1.93. The molecule has 0 spiro atoms. The first-order chi connectivity index (χ1) is 9.65. The Kier molecular flexibility index (Phi) is 3.42. The molecule has 0 saturated heterocycles. The Hall–Kier alpha value is -1.91. The minimum Gasteiger partial charge on any atom is -0.306 e. The number of pyridine rings is 1. The summed E-state index contributed by atoms with van der Waals surface area (Å²) < 4.78 is 1.01. The van der Waals surface area contributed by atoms with Crippen molar-refractivity contribution in [3.8, 4) is 0 Å². The van der Waals surface area contributed by atoms with Crippen molar-refractivity contribution >= 4 is 44.7 Å². The van der Waals surface area contributed by atoms with Gasteiger partial charge in [0.1, 0.15) is 10.7 Å². The van der Waals surface area contributed by atoms with Crippen LogP contribution in [0.25, 0.3) is 10.1 Å². The van der Waals surface area contributed by atoms with Gasteiger partial charge in [-0.05, 0) is 30.7 Å². The SMILES string of the molecule is Cc1ccc2c(Cl)c(C(=O)Nc3ccccn3)sc2c1. The molecule has 0 aliphatic carbocycles. The molecule has 0 saturated carbocycles. The van der Waals surface area contributed by atoms with E-state index in [1.165, 1.54) is 11.3 Å². The van der Waals surface area contributed by atoms with Crippen LogP contribution in [0.3, 0.4) is 0 Å². The molecule has 1 amide bonds. The molecule has 0 aliphatic heterocycles. The topological polar surface area (TPSA) is 42.0 Å². The molecule has 2 heterocycles. The molecule has 0 atom stereocenters. The van der Waals surface area contributed by atoms with E-state index in [0.717, 1.165) is 15.6 Å². The van der Waals surface area contributed by atoms with Crippen LogP contribution in [0, 0.1) is 6.92 Å². The van der Waals surface area contributed by atoms with E-state index in [1.807, 2.05) is 31.2 Å². The quantitative estimate of drug-likeness (QED) is 0.756. The number of thiophene rings is 1. The van der Waals surface area contributed by atoms with Gasteiger partial charge in [0.2, 0.25) is 0 Å². The number of amides is 1. The van der Waals surface area contributed by atoms with Gasteiger partial charge in [0.25, 0.3) is 5.91 Å². The van der Waals surface area contributed by atoms with Crippen LogP contribution in [-0.4, -0.2) is 10.9 Å². The third kappa shape index (κ3) is 2.40. The summed E-state index contributed by atoms with van der Waals surface area (Å²) >= 11 is 7.69. The van der Waals surface area contributed by atoms with Crippen LogP contribution in [0.5, 0.6) is 0 Å². The first kappa shape index (κ1) is 13.1. The minimum absolute atomic E-state index is 0.229. The molecule has 20 heavy (non-hydrogen) atoms. The molecule has 0 unspecified atom stereocenters. The fraction of sp³-hybridized carbons (Fsp3) is 0.0667. The maximum absolute atomic E-state index is 12.3. The zero-order chi connectivity index (χ0) is 14.1. The lowest BCUT2D eigenvalue weighted by Gasteiger charge is -2.01. The Bertz CT molecular complexity index is 783. The number of carbonyl (C=O) groups is 1. The second-order valence-electron chi connectivity index (χ2n) is 4.41. The van der Waals surface area contributed by atoms with Crippen molar-refractivity contribution in [2.45, 2.75) is 6.92 Å². The monoisotopic (exact) mass is 302 g/mol. The average molecular weight is 303 g/mol. The summed E-state index contributed by atoms with van der Waals surface area (Å²) in [5, 5.41) is 4.16. The number of nitrogens with one attached hydrogen (secondary N) is 1. The van der Waals surface area contributed by atoms with Gasteiger partial charge in [0.05, 0.1) is 5.02 Å². The number of halogens is 1. The Balaban J connectivity index is 1.97. The third-order valence-corrected chi connectivity index (χ3v) is 4.55. The Morgan fingerprint density at radius 3 is 2.90 bits per heavy atom. The fourth-order valence-corrected chi connectivity index (χ4v) is 3.44. The zero-order valence-electron chi connectivity index (χ0n) is 10.7. The van der Waals surface area contributed by atoms with E-state index in [-0.39, 0.29) is 5.91 Å². The zero-order valence-corrected chi connectivity index (χ0v) is 12.3. The van der Waals surface area contributed by atoms with Gasteiger partial charge in [-0.3, -0.25) is 4.79 Å². The number of carbonyl (C=O) groups excluding carboxylic acids is 1. The second-order valence-corrected chi connectivity index (χ2v) is 5.84. The molecule has 1 N–H and O–H groups in total. The number of rotatable bonds is 2. The van der Waals surface area contributed by atoms with E-state index >= 15 is 0 Å². The van der Waals surface area contributed by atoms with Gasteiger partial charge in [-0.25, -0.2) is 4.98 Å². The largest absolute Gasteiger partial charge is 0.306 e. The van der Waals surface area contributed by atoms with Crippen LogP contribution in [0.15, 0.2) is 42.6 Å². The molecule has 0 bridgehead atoms. The number of anilines is 1. The highest BCUT2D eigenvalue weighted by molar-refractivity contribution is 7.21. The number of aromatic nitrogens is 1. The van der Waals surface area contributed by atoms with Crippen LogP contribution in [0.1, 0.15) is 15.2 Å². The normalized spacial score (nSPS) is 10.7. The van der Waals surface area contributed by atoms with Crippen molar-refractivity contribution in [3.63, 3.8) is 0 Å². The smallest absolute Gasteiger partial charge is 0.268 e. The lowest BCUT2D eigenvalue weighted by Crippen LogP contribution is -2.11. The summed E-state index contributed by atoms with van der Waals surface area (Å²) in [6.45, 7) is 2.01. The van der Waals surface area contributed by atoms with Crippen LogP contribution >= 0.6 is 22.9 Å². The summed E-state index contributed by atoms with van der Waals surface area (Å²) in [5.74, 6) is 0.287. The Labute approximate surface area is 125 Å². The van der Waals surface area contributed by atoms with Crippen LogP contribution < -0.4 is 5.32 Å². The maximum atomic E-state index is 12.3. The van der Waals surface area contributed by atoms with Crippen molar-refractivity contribution < 1.29 is 4.79 Å². The van der Waals surface area contributed by atoms with Crippen LogP contribution in [-0.2, 0) is 0 Å². The first-order valence-corrected chi connectivity index (χ1v) is 7.25. The summed E-state index contributed by atoms with van der Waals surface area (Å²) in [7, 11) is 0. The van der Waals surface area contributed by atoms with E-state index in [1.54, 1.807) is 18.3 Å². The highest BCUT2D eigenvalue weighted by Gasteiger charge is 2.17. The standard InChI is InChI=1S/C15H11ClN2OS/c1-9-5-6-10-11(8-9)20-14(13(10)16)15(19)18-12-4-2-3-7-17-12/h2-8H,1H3,(H,17,18,19). The van der Waals surface area contributed by atoms with Gasteiger partial charge in [-0.1, -0.05) is 29.8 Å². The number of fused-ring (bicyclic) bond motifs is 1. The van der Waals surface area contributed by atoms with Gasteiger partial charge in [-0.15, -0.1) is 11.3 Å². The van der Waals surface area contributed by atoms with Crippen molar-refractivity contribution in [1.82, 2.24) is 4.98 Å². The minimum atomic E-state index is -0.229. The van der Waals surface area contributed by atoms with E-state index in [9.17, 15) is 4.79 Å². The summed E-state index contributed by atoms with van der Waals surface area (Å²) in [4.78, 5) is 16.8. The van der Waals surface area contributed by atoms with Gasteiger partial charge in [0.15, 0.2) is 0 Å². The van der Waals surface area contributed by atoms with Crippen molar-refractivity contribution in [2.24, 2.45) is 0 Å². The van der Waals surface area contributed by atoms with Crippen molar-refractivity contribution in [1.29, 1.82) is 0 Å². The van der Waals surface area contributed by atoms with Gasteiger partial charge in [-0.2, -0.15) is 0 Å². The molecule has 100 valence electrons. The molecule has 1 aromatic carbocycles. The van der Waals surface area contributed by atoms with Crippen LogP contribution in [0.2, 0.25) is 5.02 Å². The van der Waals surface area contributed by atoms with Gasteiger partial charge >= 0.3 is 0 Å². The number of aryl methyl sites for hydroxylation is 1. The Morgan fingerprint density at radius 2 is 2.15 bits per heavy atom. The Morgan fingerprint density at radius 1 is 1.30 bits per heavy atom. The molecule has 3 rings (SSSR count). The molecule has 0 aliphatic rings. The van der Waals surface area contributed by atoms with Gasteiger partial charge < -0.3 is 5.32 Å². The predicted octanol–water partition coefficient (Wildman–Crippen LogP) is 4.51. The third-order valence-electron chi connectivity index (χ3n) is 2.90. The number of hydrogen-bond acceptors (Lipinski definition) is 3. The first-order valence-electron chi connectivity index (χ1n) is 6.06. The lowest BCUT2D eigenvalue weighted by atomic mass is 10.2. The second kappa shape index (κ2) is 5.23. The predicted molar refractivity (Wildman–Crippen MR) is 83.8 cm³/mol. The average Bonchev–Trinajstić information content (AvgIpc) is 2.76. The lowest BCUT2D eigenvalue weighted by molar-refractivity contribution is 0.103. The summed E-state index contributed by atoms with van der Waals surface area (Å²) in [6.07, 6.45) is 1.63. The molecule has 5 heteroatoms. The molecule has 2 aromatic heterocycles. The van der Waals surface area contributed by atoms with E-state index in [0.29, 0.717) is 15.7 Å². The summed E-state index contributed by atoms with van der Waals surface area (Å²) in [5.41, 5.74) is 1.15. The van der Waals surface area contributed by atoms with Crippen molar-refractivity contribution in [2.75, 3.05) is 5.32 Å². The van der Waals surface area contributed by atoms with E-state index in [2.05, 4.69) is 10.3 Å². The maximum Gasteiger partial charge on any atom is 0.268 e. The molecule has 3 aromatic rings. The molecular formula is C15H11ClN2OS. The van der Waals surface area contributed by atoms with E-state index < -0.39 is 0 Å². The number of hydrogen-bond donors (Lipinski definition) is 1. The van der Waals surface area contributed by atoms with Gasteiger partial charge in [0, 0.05) is 16.3 Å². The number of benzene rings is 1. The molecule has 0 radical (unpaired) electrons. The molecule has 0 fully saturated rings. The van der Waals surface area contributed by atoms with Crippen molar-refractivity contribution in [3.05, 3.63) is 58.1 Å².